The van der Waals surface area contributed by atoms with Crippen molar-refractivity contribution >= 4 is 16.6 Å². The van der Waals surface area contributed by atoms with Crippen LogP contribution in [0.15, 0.2) is 48.7 Å². The minimum Gasteiger partial charge on any atom is -0.384 e. The highest BCUT2D eigenvalue weighted by atomic mass is 19.1. The van der Waals surface area contributed by atoms with E-state index in [1.54, 1.807) is 6.20 Å². The molecule has 0 saturated carbocycles. The molecule has 0 aliphatic carbocycles. The first kappa shape index (κ1) is 19.3. The fourth-order valence-electron chi connectivity index (χ4n) is 3.06. The van der Waals surface area contributed by atoms with Crippen molar-refractivity contribution < 1.29 is 9.50 Å². The molecule has 3 N–H and O–H groups in total. The Bertz CT molecular complexity index is 892. The van der Waals surface area contributed by atoms with E-state index in [2.05, 4.69) is 15.7 Å². The number of hydrogen-bond donors (Lipinski definition) is 3. The van der Waals surface area contributed by atoms with E-state index in [4.69, 9.17) is 0 Å². The SMILES string of the molecule is CCCNCC(C)(O)C(F)Nc1cc(C)cc2c1cnn2-c1ccccc1. The summed E-state index contributed by atoms with van der Waals surface area (Å²) in [7, 11) is 0. The summed E-state index contributed by atoms with van der Waals surface area (Å²) >= 11 is 0. The van der Waals surface area contributed by atoms with Crippen LogP contribution in [0.3, 0.4) is 0 Å². The Kier molecular flexibility index (Phi) is 5.77. The van der Waals surface area contributed by atoms with Crippen LogP contribution in [0.4, 0.5) is 10.1 Å². The minimum absolute atomic E-state index is 0.174. The van der Waals surface area contributed by atoms with Crippen LogP contribution in [-0.4, -0.2) is 39.9 Å². The lowest BCUT2D eigenvalue weighted by Gasteiger charge is -2.29. The number of anilines is 1. The van der Waals surface area contributed by atoms with Crippen LogP contribution in [0, 0.1) is 6.92 Å². The Morgan fingerprint density at radius 1 is 1.26 bits per heavy atom. The zero-order chi connectivity index (χ0) is 19.4. The van der Waals surface area contributed by atoms with Gasteiger partial charge in [-0.2, -0.15) is 5.10 Å². The van der Waals surface area contributed by atoms with Gasteiger partial charge in [0.25, 0.3) is 0 Å². The maximum atomic E-state index is 14.9. The minimum atomic E-state index is -1.62. The first-order valence-corrected chi connectivity index (χ1v) is 9.30. The largest absolute Gasteiger partial charge is 0.384 e. The average molecular weight is 370 g/mol. The van der Waals surface area contributed by atoms with Gasteiger partial charge in [-0.3, -0.25) is 0 Å². The molecular formula is C21H27FN4O. The number of aryl methyl sites for hydroxylation is 1. The molecule has 0 saturated heterocycles. The average Bonchev–Trinajstić information content (AvgIpc) is 3.06. The molecule has 0 aliphatic heterocycles. The predicted octanol–water partition coefficient (Wildman–Crippen LogP) is 3.79. The van der Waals surface area contributed by atoms with Gasteiger partial charge >= 0.3 is 0 Å². The molecule has 144 valence electrons. The Balaban J connectivity index is 1.90. The Labute approximate surface area is 159 Å². The van der Waals surface area contributed by atoms with Gasteiger partial charge in [-0.05, 0) is 56.6 Å². The number of nitrogens with one attached hydrogen (secondary N) is 2. The molecular weight excluding hydrogens is 343 g/mol. The molecule has 0 fully saturated rings. The number of fused-ring (bicyclic) bond motifs is 1. The third-order valence-corrected chi connectivity index (χ3v) is 4.57. The van der Waals surface area contributed by atoms with E-state index in [0.717, 1.165) is 35.1 Å². The molecule has 1 aromatic heterocycles. The smallest absolute Gasteiger partial charge is 0.200 e. The number of nitrogens with zero attached hydrogens (tertiary/aromatic N) is 2. The maximum absolute atomic E-state index is 14.9. The second-order valence-corrected chi connectivity index (χ2v) is 7.18. The lowest BCUT2D eigenvalue weighted by Crippen LogP contribution is -2.49. The van der Waals surface area contributed by atoms with Gasteiger partial charge in [-0.1, -0.05) is 25.1 Å². The fraction of sp³-hybridized carbons (Fsp3) is 0.381. The summed E-state index contributed by atoms with van der Waals surface area (Å²) in [5.41, 5.74) is 1.91. The van der Waals surface area contributed by atoms with E-state index in [0.29, 0.717) is 5.69 Å². The molecule has 0 radical (unpaired) electrons. The van der Waals surface area contributed by atoms with Gasteiger partial charge in [0.15, 0.2) is 6.30 Å². The molecule has 2 atom stereocenters. The van der Waals surface area contributed by atoms with E-state index in [1.807, 2.05) is 61.0 Å². The number of aliphatic hydroxyl groups is 1. The highest BCUT2D eigenvalue weighted by Crippen LogP contribution is 2.29. The van der Waals surface area contributed by atoms with Crippen molar-refractivity contribution in [1.29, 1.82) is 0 Å². The summed E-state index contributed by atoms with van der Waals surface area (Å²) < 4.78 is 16.7. The molecule has 0 spiro atoms. The van der Waals surface area contributed by atoms with E-state index in [1.165, 1.54) is 6.92 Å². The molecule has 1 heterocycles. The number of para-hydroxylation sites is 1. The number of hydrogen-bond acceptors (Lipinski definition) is 4. The summed E-state index contributed by atoms with van der Waals surface area (Å²) in [5.74, 6) is 0. The van der Waals surface area contributed by atoms with Gasteiger partial charge in [0.1, 0.15) is 5.60 Å². The third kappa shape index (κ3) is 4.28. The van der Waals surface area contributed by atoms with Crippen molar-refractivity contribution in [3.8, 4) is 5.69 Å². The highest BCUT2D eigenvalue weighted by molar-refractivity contribution is 5.93. The summed E-state index contributed by atoms with van der Waals surface area (Å²) in [6, 6.07) is 13.7. The predicted molar refractivity (Wildman–Crippen MR) is 108 cm³/mol. The van der Waals surface area contributed by atoms with Crippen molar-refractivity contribution in [3.05, 3.63) is 54.2 Å². The second-order valence-electron chi connectivity index (χ2n) is 7.18. The van der Waals surface area contributed by atoms with Gasteiger partial charge in [0, 0.05) is 17.6 Å². The van der Waals surface area contributed by atoms with Crippen LogP contribution in [0.5, 0.6) is 0 Å². The molecule has 0 bridgehead atoms. The molecule has 3 rings (SSSR count). The molecule has 6 heteroatoms. The van der Waals surface area contributed by atoms with Crippen LogP contribution >= 0.6 is 0 Å². The lowest BCUT2D eigenvalue weighted by atomic mass is 10.0. The first-order valence-electron chi connectivity index (χ1n) is 9.30. The summed E-state index contributed by atoms with van der Waals surface area (Å²) in [6.07, 6.45) is 1.03. The van der Waals surface area contributed by atoms with Gasteiger partial charge in [-0.15, -0.1) is 0 Å². The number of halogens is 1. The van der Waals surface area contributed by atoms with Crippen LogP contribution in [-0.2, 0) is 0 Å². The quantitative estimate of drug-likeness (QED) is 0.417. The fourth-order valence-corrected chi connectivity index (χ4v) is 3.06. The summed E-state index contributed by atoms with van der Waals surface area (Å²) in [6.45, 7) is 6.39. The first-order chi connectivity index (χ1) is 12.9. The molecule has 5 nitrogen and oxygen atoms in total. The van der Waals surface area contributed by atoms with Crippen molar-refractivity contribution in [2.24, 2.45) is 0 Å². The Morgan fingerprint density at radius 2 is 2.00 bits per heavy atom. The van der Waals surface area contributed by atoms with Gasteiger partial charge in [0.2, 0.25) is 0 Å². The topological polar surface area (TPSA) is 62.1 Å². The molecule has 27 heavy (non-hydrogen) atoms. The molecule has 2 aromatic carbocycles. The van der Waals surface area contributed by atoms with E-state index in [-0.39, 0.29) is 6.54 Å². The van der Waals surface area contributed by atoms with Gasteiger partial charge in [-0.25, -0.2) is 9.07 Å². The Morgan fingerprint density at radius 3 is 2.70 bits per heavy atom. The van der Waals surface area contributed by atoms with Crippen molar-refractivity contribution in [2.45, 2.75) is 39.1 Å². The van der Waals surface area contributed by atoms with Crippen molar-refractivity contribution in [3.63, 3.8) is 0 Å². The number of aromatic nitrogens is 2. The normalized spacial score (nSPS) is 14.9. The summed E-state index contributed by atoms with van der Waals surface area (Å²) in [4.78, 5) is 0. The Hall–Kier alpha value is -2.44. The van der Waals surface area contributed by atoms with Crippen LogP contribution < -0.4 is 10.6 Å². The summed E-state index contributed by atoms with van der Waals surface area (Å²) in [5, 5.41) is 21.7. The standard InChI is InChI=1S/C21H27FN4O/c1-4-10-23-14-21(3,27)20(22)25-18-11-15(2)12-19-17(18)13-24-26(19)16-8-6-5-7-9-16/h5-9,11-13,20,23,25,27H,4,10,14H2,1-3H3. The van der Waals surface area contributed by atoms with Gasteiger partial charge in [0.05, 0.1) is 17.4 Å². The molecule has 0 amide bonds. The number of rotatable bonds is 8. The molecule has 0 aliphatic rings. The molecule has 2 unspecified atom stereocenters. The van der Waals surface area contributed by atoms with Crippen molar-refractivity contribution in [2.75, 3.05) is 18.4 Å². The van der Waals surface area contributed by atoms with Crippen LogP contribution in [0.25, 0.3) is 16.6 Å². The third-order valence-electron chi connectivity index (χ3n) is 4.57. The number of benzene rings is 2. The molecule has 3 aromatic rings. The van der Waals surface area contributed by atoms with Crippen LogP contribution in [0.1, 0.15) is 25.8 Å². The van der Waals surface area contributed by atoms with E-state index < -0.39 is 11.9 Å². The zero-order valence-corrected chi connectivity index (χ0v) is 16.0. The maximum Gasteiger partial charge on any atom is 0.200 e. The van der Waals surface area contributed by atoms with E-state index in [9.17, 15) is 9.50 Å². The van der Waals surface area contributed by atoms with Crippen LogP contribution in [0.2, 0.25) is 0 Å². The number of alkyl halides is 1. The zero-order valence-electron chi connectivity index (χ0n) is 16.0. The van der Waals surface area contributed by atoms with Gasteiger partial charge < -0.3 is 15.7 Å². The lowest BCUT2D eigenvalue weighted by molar-refractivity contribution is -0.00579. The highest BCUT2D eigenvalue weighted by Gasteiger charge is 2.32. The van der Waals surface area contributed by atoms with Crippen molar-refractivity contribution in [1.82, 2.24) is 15.1 Å². The van der Waals surface area contributed by atoms with E-state index >= 15 is 0 Å². The monoisotopic (exact) mass is 370 g/mol. The second kappa shape index (κ2) is 8.06.